The highest BCUT2D eigenvalue weighted by molar-refractivity contribution is 9.10. The van der Waals surface area contributed by atoms with Crippen molar-refractivity contribution in [2.75, 3.05) is 26.2 Å². The molecule has 0 bridgehead atoms. The van der Waals surface area contributed by atoms with Crippen molar-refractivity contribution in [3.63, 3.8) is 0 Å². The van der Waals surface area contributed by atoms with Gasteiger partial charge in [-0.15, -0.1) is 0 Å². The van der Waals surface area contributed by atoms with E-state index in [4.69, 9.17) is 28.2 Å². The maximum atomic E-state index is 12.9. The summed E-state index contributed by atoms with van der Waals surface area (Å²) >= 11 is 16.8. The van der Waals surface area contributed by atoms with Crippen LogP contribution >= 0.6 is 39.1 Å². The molecule has 2 amide bonds. The predicted octanol–water partition coefficient (Wildman–Crippen LogP) is 6.02. The van der Waals surface area contributed by atoms with Gasteiger partial charge in [0, 0.05) is 65.7 Å². The molecule has 0 radical (unpaired) electrons. The van der Waals surface area contributed by atoms with Crippen molar-refractivity contribution < 1.29 is 9.59 Å². The molecule has 35 heavy (non-hydrogen) atoms. The third-order valence-corrected chi connectivity index (χ3v) is 8.76. The van der Waals surface area contributed by atoms with Gasteiger partial charge in [0.2, 0.25) is 11.8 Å². The lowest BCUT2D eigenvalue weighted by Crippen LogP contribution is -2.40. The Balaban J connectivity index is 1.32. The van der Waals surface area contributed by atoms with Crippen molar-refractivity contribution in [1.82, 2.24) is 14.8 Å². The van der Waals surface area contributed by atoms with Crippen molar-refractivity contribution in [3.05, 3.63) is 61.3 Å². The van der Waals surface area contributed by atoms with Crippen molar-refractivity contribution in [2.45, 2.75) is 57.3 Å². The van der Waals surface area contributed by atoms with E-state index in [-0.39, 0.29) is 17.7 Å². The molecule has 5 nitrogen and oxygen atoms in total. The summed E-state index contributed by atoms with van der Waals surface area (Å²) in [7, 11) is 0. The molecule has 1 aromatic heterocycles. The molecule has 1 aromatic carbocycles. The van der Waals surface area contributed by atoms with Crippen LogP contribution in [0.5, 0.6) is 0 Å². The summed E-state index contributed by atoms with van der Waals surface area (Å²) in [5, 5.41) is 1.37. The number of aryl methyl sites for hydroxylation is 2. The second kappa shape index (κ2) is 10.8. The van der Waals surface area contributed by atoms with Crippen LogP contribution in [0.3, 0.4) is 0 Å². The highest BCUT2D eigenvalue weighted by Gasteiger charge is 2.36. The fourth-order valence-electron chi connectivity index (χ4n) is 6.01. The van der Waals surface area contributed by atoms with Crippen molar-refractivity contribution >= 4 is 50.9 Å². The van der Waals surface area contributed by atoms with Gasteiger partial charge in [0.15, 0.2) is 0 Å². The van der Waals surface area contributed by atoms with E-state index in [1.54, 1.807) is 0 Å². The number of fused-ring (bicyclic) bond motifs is 2. The fourth-order valence-corrected chi connectivity index (χ4v) is 7.04. The number of hydrogen-bond donors (Lipinski definition) is 0. The molecule has 0 spiro atoms. The van der Waals surface area contributed by atoms with Crippen molar-refractivity contribution in [2.24, 2.45) is 5.92 Å². The minimum atomic E-state index is 0.0781. The molecule has 5 rings (SSSR count). The van der Waals surface area contributed by atoms with Crippen LogP contribution in [0.1, 0.15) is 66.8 Å². The lowest BCUT2D eigenvalue weighted by atomic mass is 9.76. The Bertz CT molecular complexity index is 1130. The number of aromatic nitrogens is 1. The van der Waals surface area contributed by atoms with Crippen LogP contribution in [-0.4, -0.2) is 52.8 Å². The van der Waals surface area contributed by atoms with Crippen LogP contribution in [0.25, 0.3) is 0 Å². The van der Waals surface area contributed by atoms with Crippen LogP contribution in [0, 0.1) is 5.92 Å². The Morgan fingerprint density at radius 3 is 2.23 bits per heavy atom. The van der Waals surface area contributed by atoms with Gasteiger partial charge in [-0.2, -0.15) is 0 Å². The predicted molar refractivity (Wildman–Crippen MR) is 142 cm³/mol. The average molecular weight is 579 g/mol. The first-order chi connectivity index (χ1) is 16.9. The smallest absolute Gasteiger partial charge is 0.223 e. The Labute approximate surface area is 225 Å². The average Bonchev–Trinajstić information content (AvgIpc) is 3.33. The van der Waals surface area contributed by atoms with Crippen LogP contribution in [-0.2, 0) is 22.4 Å². The van der Waals surface area contributed by atoms with Crippen LogP contribution in [0.2, 0.25) is 10.0 Å². The molecule has 2 aliphatic heterocycles. The molecule has 0 saturated carbocycles. The van der Waals surface area contributed by atoms with E-state index < -0.39 is 0 Å². The first-order valence-corrected chi connectivity index (χ1v) is 14.1. The first kappa shape index (κ1) is 25.0. The summed E-state index contributed by atoms with van der Waals surface area (Å²) in [4.78, 5) is 33.9. The lowest BCUT2D eigenvalue weighted by molar-refractivity contribution is -0.137. The third kappa shape index (κ3) is 5.40. The SMILES string of the molecule is O=C(CCC(=O)N1CCC(C2c3ncc(Br)cc3CCc3cc(Cl)cc(Cl)c32)CC1)N1CCCC1. The van der Waals surface area contributed by atoms with E-state index in [2.05, 4.69) is 22.0 Å². The Morgan fingerprint density at radius 1 is 0.914 bits per heavy atom. The van der Waals surface area contributed by atoms with E-state index in [9.17, 15) is 9.59 Å². The number of carbonyl (C=O) groups excluding carboxylic acids is 2. The van der Waals surface area contributed by atoms with Gasteiger partial charge in [-0.1, -0.05) is 23.2 Å². The highest BCUT2D eigenvalue weighted by atomic mass is 79.9. The number of hydrogen-bond acceptors (Lipinski definition) is 3. The van der Waals surface area contributed by atoms with E-state index in [1.165, 1.54) is 11.1 Å². The van der Waals surface area contributed by atoms with Crippen LogP contribution in [0.4, 0.5) is 0 Å². The molecule has 1 unspecified atom stereocenters. The van der Waals surface area contributed by atoms with Crippen LogP contribution < -0.4 is 0 Å². The second-order valence-electron chi connectivity index (χ2n) is 9.94. The third-order valence-electron chi connectivity index (χ3n) is 7.79. The molecule has 2 fully saturated rings. The van der Waals surface area contributed by atoms with Gasteiger partial charge < -0.3 is 9.80 Å². The summed E-state index contributed by atoms with van der Waals surface area (Å²) in [5.41, 5.74) is 4.68. The van der Waals surface area contributed by atoms with E-state index in [1.807, 2.05) is 28.1 Å². The van der Waals surface area contributed by atoms with E-state index in [0.29, 0.717) is 41.9 Å². The first-order valence-electron chi connectivity index (χ1n) is 12.6. The topological polar surface area (TPSA) is 53.5 Å². The number of halogens is 3. The molecule has 2 saturated heterocycles. The summed E-state index contributed by atoms with van der Waals surface area (Å²) in [6, 6.07) is 6.06. The molecule has 8 heteroatoms. The van der Waals surface area contributed by atoms with E-state index >= 15 is 0 Å². The minimum Gasteiger partial charge on any atom is -0.343 e. The molecule has 1 aliphatic carbocycles. The Hall–Kier alpha value is -1.63. The van der Waals surface area contributed by atoms with Gasteiger partial charge in [-0.3, -0.25) is 14.6 Å². The van der Waals surface area contributed by atoms with Crippen LogP contribution in [0.15, 0.2) is 28.9 Å². The number of likely N-dealkylation sites (tertiary alicyclic amines) is 2. The molecular weight excluding hydrogens is 549 g/mol. The highest BCUT2D eigenvalue weighted by Crippen LogP contribution is 2.46. The van der Waals surface area contributed by atoms with Gasteiger partial charge in [0.1, 0.15) is 0 Å². The van der Waals surface area contributed by atoms with Gasteiger partial charge in [-0.25, -0.2) is 0 Å². The molecule has 186 valence electrons. The quantitative estimate of drug-likeness (QED) is 0.445. The minimum absolute atomic E-state index is 0.0781. The van der Waals surface area contributed by atoms with Crippen molar-refractivity contribution in [3.8, 4) is 0 Å². The Kier molecular flexibility index (Phi) is 7.71. The monoisotopic (exact) mass is 577 g/mol. The summed E-state index contributed by atoms with van der Waals surface area (Å²) in [6.45, 7) is 3.07. The normalized spacial score (nSPS) is 20.4. The second-order valence-corrected chi connectivity index (χ2v) is 11.7. The standard InChI is InChI=1S/C27H30BrCl2N3O2/c28-20-13-19-4-3-18-14-21(29)15-22(30)25(18)26(27(19)31-16-20)17-7-11-33(12-8-17)24(35)6-5-23(34)32-9-1-2-10-32/h13-17,26H,1-12H2. The maximum Gasteiger partial charge on any atom is 0.223 e. The largest absolute Gasteiger partial charge is 0.343 e. The summed E-state index contributed by atoms with van der Waals surface area (Å²) in [6.07, 6.45) is 8.16. The Morgan fingerprint density at radius 2 is 1.54 bits per heavy atom. The van der Waals surface area contributed by atoms with Gasteiger partial charge in [0.25, 0.3) is 0 Å². The number of pyridine rings is 1. The lowest BCUT2D eigenvalue weighted by Gasteiger charge is -2.37. The zero-order valence-corrected chi connectivity index (χ0v) is 22.8. The van der Waals surface area contributed by atoms with Gasteiger partial charge in [-0.05, 0) is 95.3 Å². The zero-order valence-electron chi connectivity index (χ0n) is 19.7. The molecular formula is C27H30BrCl2N3O2. The number of benzene rings is 1. The molecule has 3 heterocycles. The van der Waals surface area contributed by atoms with Gasteiger partial charge in [0.05, 0.1) is 5.69 Å². The van der Waals surface area contributed by atoms with Crippen molar-refractivity contribution in [1.29, 1.82) is 0 Å². The fraction of sp³-hybridized carbons (Fsp3) is 0.519. The molecule has 1 atom stereocenters. The zero-order chi connectivity index (χ0) is 24.5. The summed E-state index contributed by atoms with van der Waals surface area (Å²) < 4.78 is 0.981. The molecule has 2 aromatic rings. The maximum absolute atomic E-state index is 12.9. The number of piperidine rings is 1. The number of carbonyl (C=O) groups is 2. The number of amides is 2. The van der Waals surface area contributed by atoms with E-state index in [0.717, 1.165) is 67.3 Å². The summed E-state index contributed by atoms with van der Waals surface area (Å²) in [5.74, 6) is 0.607. The molecule has 3 aliphatic rings. The number of rotatable bonds is 4. The number of nitrogens with zero attached hydrogens (tertiary/aromatic N) is 3. The van der Waals surface area contributed by atoms with Gasteiger partial charge >= 0.3 is 0 Å². The molecule has 0 N–H and O–H groups in total.